The van der Waals surface area contributed by atoms with Gasteiger partial charge in [0.05, 0.1) is 19.1 Å². The summed E-state index contributed by atoms with van der Waals surface area (Å²) >= 11 is 5.88. The molecule has 132 valence electrons. The van der Waals surface area contributed by atoms with E-state index in [4.69, 9.17) is 16.3 Å². The normalized spacial score (nSPS) is 10.4. The van der Waals surface area contributed by atoms with E-state index in [0.717, 1.165) is 11.3 Å². The largest absolute Gasteiger partial charge is 0.497 e. The summed E-state index contributed by atoms with van der Waals surface area (Å²) in [5.41, 5.74) is 1.58. The Morgan fingerprint density at radius 1 is 1.19 bits per heavy atom. The maximum absolute atomic E-state index is 12.3. The maximum atomic E-state index is 12.3. The van der Waals surface area contributed by atoms with E-state index >= 15 is 0 Å². The van der Waals surface area contributed by atoms with Gasteiger partial charge in [0.25, 0.3) is 5.56 Å². The van der Waals surface area contributed by atoms with E-state index in [0.29, 0.717) is 16.4 Å². The summed E-state index contributed by atoms with van der Waals surface area (Å²) in [6.07, 6.45) is 1.36. The van der Waals surface area contributed by atoms with Crippen LogP contribution in [0.25, 0.3) is 11.3 Å². The zero-order chi connectivity index (χ0) is 18.5. The number of rotatable bonds is 5. The molecule has 7 heteroatoms. The Hall–Kier alpha value is -3.12. The summed E-state index contributed by atoms with van der Waals surface area (Å²) in [5.74, 6) is 0.383. The summed E-state index contributed by atoms with van der Waals surface area (Å²) in [5, 5.41) is 3.21. The van der Waals surface area contributed by atoms with E-state index in [1.807, 2.05) is 12.1 Å². The highest BCUT2D eigenvalue weighted by molar-refractivity contribution is 6.30. The monoisotopic (exact) mass is 369 g/mol. The number of nitrogens with one attached hydrogen (secondary N) is 1. The molecule has 0 spiro atoms. The number of aromatic nitrogens is 2. The number of hydrogen-bond acceptors (Lipinski definition) is 4. The van der Waals surface area contributed by atoms with Gasteiger partial charge < -0.3 is 10.1 Å². The van der Waals surface area contributed by atoms with Crippen LogP contribution in [0.5, 0.6) is 5.75 Å². The molecule has 1 aromatic heterocycles. The Bertz CT molecular complexity index is 984. The number of carbonyl (C=O) groups is 1. The molecule has 1 N–H and O–H groups in total. The minimum Gasteiger partial charge on any atom is -0.497 e. The summed E-state index contributed by atoms with van der Waals surface area (Å²) in [4.78, 5) is 28.7. The van der Waals surface area contributed by atoms with Gasteiger partial charge in [-0.25, -0.2) is 4.98 Å². The minimum atomic E-state index is -0.339. The van der Waals surface area contributed by atoms with Crippen LogP contribution in [0, 0.1) is 0 Å². The van der Waals surface area contributed by atoms with Crippen molar-refractivity contribution in [1.29, 1.82) is 0 Å². The van der Waals surface area contributed by atoms with Crippen molar-refractivity contribution in [1.82, 2.24) is 9.55 Å². The smallest absolute Gasteiger partial charge is 0.254 e. The fraction of sp³-hybridized carbons (Fsp3) is 0.105. The molecule has 0 aliphatic heterocycles. The van der Waals surface area contributed by atoms with Crippen LogP contribution < -0.4 is 15.6 Å². The standard InChI is InChI=1S/C19H16ClN3O3/c1-26-16-7-5-13(6-8-16)17-10-19(25)23(12-21-17)11-18(24)22-15-4-2-3-14(20)9-15/h2-10,12H,11H2,1H3,(H,22,24). The zero-order valence-electron chi connectivity index (χ0n) is 14.0. The van der Waals surface area contributed by atoms with E-state index in [-0.39, 0.29) is 18.0 Å². The van der Waals surface area contributed by atoms with Crippen molar-refractivity contribution in [3.63, 3.8) is 0 Å². The van der Waals surface area contributed by atoms with Crippen molar-refractivity contribution in [3.8, 4) is 17.0 Å². The molecule has 1 heterocycles. The highest BCUT2D eigenvalue weighted by Gasteiger charge is 2.08. The van der Waals surface area contributed by atoms with Crippen LogP contribution >= 0.6 is 11.6 Å². The Kier molecular flexibility index (Phi) is 5.34. The molecule has 0 saturated carbocycles. The van der Waals surface area contributed by atoms with Crippen LogP contribution in [0.2, 0.25) is 5.02 Å². The molecule has 6 nitrogen and oxygen atoms in total. The number of anilines is 1. The molecule has 0 fully saturated rings. The lowest BCUT2D eigenvalue weighted by molar-refractivity contribution is -0.116. The lowest BCUT2D eigenvalue weighted by Crippen LogP contribution is -2.27. The van der Waals surface area contributed by atoms with E-state index in [1.165, 1.54) is 17.0 Å². The van der Waals surface area contributed by atoms with Crippen molar-refractivity contribution in [2.24, 2.45) is 0 Å². The average molecular weight is 370 g/mol. The van der Waals surface area contributed by atoms with Crippen molar-refractivity contribution in [2.75, 3.05) is 12.4 Å². The van der Waals surface area contributed by atoms with Crippen LogP contribution in [0.3, 0.4) is 0 Å². The Morgan fingerprint density at radius 2 is 1.96 bits per heavy atom. The van der Waals surface area contributed by atoms with E-state index in [1.54, 1.807) is 43.5 Å². The second-order valence-electron chi connectivity index (χ2n) is 5.53. The molecule has 3 aromatic rings. The average Bonchev–Trinajstić information content (AvgIpc) is 2.63. The number of methoxy groups -OCH3 is 1. The molecule has 0 aliphatic carbocycles. The highest BCUT2D eigenvalue weighted by Crippen LogP contribution is 2.19. The van der Waals surface area contributed by atoms with E-state index < -0.39 is 0 Å². The second-order valence-corrected chi connectivity index (χ2v) is 5.96. The third-order valence-corrected chi connectivity index (χ3v) is 3.92. The summed E-state index contributed by atoms with van der Waals surface area (Å²) in [7, 11) is 1.59. The first-order valence-electron chi connectivity index (χ1n) is 7.81. The van der Waals surface area contributed by atoms with Crippen LogP contribution in [0.15, 0.2) is 65.7 Å². The van der Waals surface area contributed by atoms with Crippen LogP contribution in [0.4, 0.5) is 5.69 Å². The van der Waals surface area contributed by atoms with Crippen molar-refractivity contribution in [2.45, 2.75) is 6.54 Å². The first kappa shape index (κ1) is 17.7. The third-order valence-electron chi connectivity index (χ3n) is 3.69. The predicted octanol–water partition coefficient (Wildman–Crippen LogP) is 3.21. The Labute approximate surface area is 155 Å². The van der Waals surface area contributed by atoms with Gasteiger partial charge >= 0.3 is 0 Å². The quantitative estimate of drug-likeness (QED) is 0.749. The van der Waals surface area contributed by atoms with Gasteiger partial charge in [-0.3, -0.25) is 14.2 Å². The number of amides is 1. The fourth-order valence-electron chi connectivity index (χ4n) is 2.39. The van der Waals surface area contributed by atoms with Crippen LogP contribution in [-0.2, 0) is 11.3 Å². The molecule has 0 bridgehead atoms. The van der Waals surface area contributed by atoms with Gasteiger partial charge in [-0.15, -0.1) is 0 Å². The molecule has 1 amide bonds. The third kappa shape index (κ3) is 4.29. The molecule has 0 saturated heterocycles. The maximum Gasteiger partial charge on any atom is 0.254 e. The summed E-state index contributed by atoms with van der Waals surface area (Å²) < 4.78 is 6.35. The summed E-state index contributed by atoms with van der Waals surface area (Å²) in [6.45, 7) is -0.138. The summed E-state index contributed by atoms with van der Waals surface area (Å²) in [6, 6.07) is 15.4. The van der Waals surface area contributed by atoms with Crippen molar-refractivity contribution >= 4 is 23.2 Å². The second kappa shape index (κ2) is 7.84. The van der Waals surface area contributed by atoms with E-state index in [9.17, 15) is 9.59 Å². The van der Waals surface area contributed by atoms with Gasteiger partial charge in [0.1, 0.15) is 12.3 Å². The molecule has 0 unspecified atom stereocenters. The number of ether oxygens (including phenoxy) is 1. The van der Waals surface area contributed by atoms with Gasteiger partial charge in [-0.2, -0.15) is 0 Å². The Balaban J connectivity index is 1.73. The number of benzene rings is 2. The molecule has 2 aromatic carbocycles. The van der Waals surface area contributed by atoms with Crippen molar-refractivity contribution < 1.29 is 9.53 Å². The van der Waals surface area contributed by atoms with Gasteiger partial charge in [0, 0.05) is 22.3 Å². The number of hydrogen-bond donors (Lipinski definition) is 1. The van der Waals surface area contributed by atoms with Gasteiger partial charge in [0.15, 0.2) is 0 Å². The molecular formula is C19H16ClN3O3. The number of halogens is 1. The van der Waals surface area contributed by atoms with Gasteiger partial charge in [0.2, 0.25) is 5.91 Å². The SMILES string of the molecule is COc1ccc(-c2cc(=O)n(CC(=O)Nc3cccc(Cl)c3)cn2)cc1. The zero-order valence-corrected chi connectivity index (χ0v) is 14.7. The molecular weight excluding hydrogens is 354 g/mol. The molecule has 26 heavy (non-hydrogen) atoms. The number of nitrogens with zero attached hydrogens (tertiary/aromatic N) is 2. The topological polar surface area (TPSA) is 73.2 Å². The highest BCUT2D eigenvalue weighted by atomic mass is 35.5. The minimum absolute atomic E-state index is 0.138. The molecule has 3 rings (SSSR count). The molecule has 0 aliphatic rings. The Morgan fingerprint density at radius 3 is 2.62 bits per heavy atom. The predicted molar refractivity (Wildman–Crippen MR) is 101 cm³/mol. The lowest BCUT2D eigenvalue weighted by atomic mass is 10.1. The first-order valence-corrected chi connectivity index (χ1v) is 8.19. The molecule has 0 atom stereocenters. The van der Waals surface area contributed by atoms with Crippen LogP contribution in [0.1, 0.15) is 0 Å². The van der Waals surface area contributed by atoms with E-state index in [2.05, 4.69) is 10.3 Å². The van der Waals surface area contributed by atoms with Gasteiger partial charge in [-0.1, -0.05) is 17.7 Å². The van der Waals surface area contributed by atoms with Crippen LogP contribution in [-0.4, -0.2) is 22.6 Å². The molecule has 0 radical (unpaired) electrons. The lowest BCUT2D eigenvalue weighted by Gasteiger charge is -2.08. The van der Waals surface area contributed by atoms with Crippen molar-refractivity contribution in [3.05, 3.63) is 76.3 Å². The first-order chi connectivity index (χ1) is 12.5. The number of carbonyl (C=O) groups excluding carboxylic acids is 1. The van der Waals surface area contributed by atoms with Gasteiger partial charge in [-0.05, 0) is 42.5 Å². The fourth-order valence-corrected chi connectivity index (χ4v) is 2.58.